The number of fused-ring (bicyclic) bond motifs is 1. The molecule has 2 aliphatic rings. The first-order chi connectivity index (χ1) is 19.1. The fraction of sp³-hybridized carbons (Fsp3) is 0.312. The molecule has 5 nitrogen and oxygen atoms in total. The Bertz CT molecular complexity index is 1330. The van der Waals surface area contributed by atoms with Gasteiger partial charge in [0.25, 0.3) is 11.8 Å². The number of rotatable bonds is 8. The van der Waals surface area contributed by atoms with E-state index in [4.69, 9.17) is 0 Å². The zero-order valence-electron chi connectivity index (χ0n) is 22.1. The van der Waals surface area contributed by atoms with Gasteiger partial charge in [-0.3, -0.25) is 9.59 Å². The molecule has 1 fully saturated rings. The molecule has 1 saturated heterocycles. The minimum Gasteiger partial charge on any atom is -0.352 e. The van der Waals surface area contributed by atoms with Gasteiger partial charge < -0.3 is 15.1 Å². The summed E-state index contributed by atoms with van der Waals surface area (Å²) in [5.41, 5.74) is 2.67. The van der Waals surface area contributed by atoms with Crippen molar-refractivity contribution in [3.8, 4) is 0 Å². The summed E-state index contributed by atoms with van der Waals surface area (Å²) in [5, 5.41) is 3.03. The van der Waals surface area contributed by atoms with E-state index in [0.29, 0.717) is 22.6 Å². The van der Waals surface area contributed by atoms with Crippen molar-refractivity contribution in [2.75, 3.05) is 31.1 Å². The summed E-state index contributed by atoms with van der Waals surface area (Å²) in [6.07, 6.45) is 7.97. The van der Waals surface area contributed by atoms with Crippen molar-refractivity contribution < 1.29 is 14.0 Å². The van der Waals surface area contributed by atoms with E-state index in [0.717, 1.165) is 42.2 Å². The zero-order chi connectivity index (χ0) is 27.0. The molecule has 202 valence electrons. The predicted molar refractivity (Wildman–Crippen MR) is 156 cm³/mol. The third-order valence-electron chi connectivity index (χ3n) is 7.22. The first-order valence-electron chi connectivity index (χ1n) is 13.7. The molecule has 0 bridgehead atoms. The lowest BCUT2D eigenvalue weighted by molar-refractivity contribution is -0.114. The van der Waals surface area contributed by atoms with E-state index in [2.05, 4.69) is 10.2 Å². The van der Waals surface area contributed by atoms with Crippen LogP contribution in [0, 0.1) is 5.82 Å². The Morgan fingerprint density at radius 2 is 1.64 bits per heavy atom. The minimum absolute atomic E-state index is 0.0850. The number of hydrogen-bond acceptors (Lipinski definition) is 4. The summed E-state index contributed by atoms with van der Waals surface area (Å²) in [7, 11) is 0. The number of carbonyl (C=O) groups excluding carboxylic acids is 2. The van der Waals surface area contributed by atoms with E-state index < -0.39 is 0 Å². The van der Waals surface area contributed by atoms with Crippen LogP contribution in [0.3, 0.4) is 0 Å². The highest BCUT2D eigenvalue weighted by Crippen LogP contribution is 2.42. The van der Waals surface area contributed by atoms with Gasteiger partial charge in [-0.15, -0.1) is 0 Å². The Labute approximate surface area is 234 Å². The summed E-state index contributed by atoms with van der Waals surface area (Å²) >= 11 is 1.41. The van der Waals surface area contributed by atoms with E-state index in [-0.39, 0.29) is 24.2 Å². The molecule has 2 aliphatic heterocycles. The number of thioether (sulfide) groups is 1. The molecule has 39 heavy (non-hydrogen) atoms. The highest BCUT2D eigenvalue weighted by Gasteiger charge is 2.29. The second-order valence-corrected chi connectivity index (χ2v) is 11.1. The fourth-order valence-electron chi connectivity index (χ4n) is 5.06. The Balaban J connectivity index is 1.23. The molecule has 3 aromatic carbocycles. The SMILES string of the molecule is O=C(NCCCN1CCCCCC1)c1ccc(/C=C2\Sc3ccccc3N(Cc3ccccc3F)C2=O)cc1. The molecule has 0 saturated carbocycles. The van der Waals surface area contributed by atoms with Gasteiger partial charge in [0.2, 0.25) is 0 Å². The number of halogens is 1. The highest BCUT2D eigenvalue weighted by molar-refractivity contribution is 8.04. The summed E-state index contributed by atoms with van der Waals surface area (Å²) in [6.45, 7) is 4.16. The summed E-state index contributed by atoms with van der Waals surface area (Å²) < 4.78 is 14.4. The first kappa shape index (κ1) is 27.2. The normalized spacial score (nSPS) is 17.1. The van der Waals surface area contributed by atoms with Crippen LogP contribution in [0.2, 0.25) is 0 Å². The van der Waals surface area contributed by atoms with Gasteiger partial charge in [0, 0.05) is 22.6 Å². The zero-order valence-corrected chi connectivity index (χ0v) is 22.9. The second-order valence-electron chi connectivity index (χ2n) is 10.0. The van der Waals surface area contributed by atoms with E-state index in [9.17, 15) is 14.0 Å². The number of benzene rings is 3. The Morgan fingerprint density at radius 3 is 2.41 bits per heavy atom. The first-order valence-corrected chi connectivity index (χ1v) is 14.5. The maximum atomic E-state index is 14.4. The molecular formula is C32H34FN3O2S. The molecule has 0 atom stereocenters. The van der Waals surface area contributed by atoms with Crippen LogP contribution in [0.4, 0.5) is 10.1 Å². The smallest absolute Gasteiger partial charge is 0.265 e. The molecule has 2 heterocycles. The Hall–Kier alpha value is -3.42. The third-order valence-corrected chi connectivity index (χ3v) is 8.30. The number of para-hydroxylation sites is 1. The summed E-state index contributed by atoms with van der Waals surface area (Å²) in [6, 6.07) is 21.5. The van der Waals surface area contributed by atoms with Gasteiger partial charge in [0.1, 0.15) is 5.82 Å². The number of hydrogen-bond donors (Lipinski definition) is 1. The summed E-state index contributed by atoms with van der Waals surface area (Å²) in [5.74, 6) is -0.589. The van der Waals surface area contributed by atoms with Crippen LogP contribution in [-0.2, 0) is 11.3 Å². The number of anilines is 1. The van der Waals surface area contributed by atoms with Crippen LogP contribution in [0.1, 0.15) is 53.6 Å². The molecular weight excluding hydrogens is 509 g/mol. The third kappa shape index (κ3) is 6.97. The van der Waals surface area contributed by atoms with Crippen molar-refractivity contribution in [3.63, 3.8) is 0 Å². The van der Waals surface area contributed by atoms with Gasteiger partial charge in [0.15, 0.2) is 0 Å². The van der Waals surface area contributed by atoms with Gasteiger partial charge in [-0.1, -0.05) is 67.1 Å². The van der Waals surface area contributed by atoms with Crippen molar-refractivity contribution in [3.05, 3.63) is 100 Å². The number of nitrogens with one attached hydrogen (secondary N) is 1. The lowest BCUT2D eigenvalue weighted by Gasteiger charge is -2.30. The molecule has 5 rings (SSSR count). The van der Waals surface area contributed by atoms with Gasteiger partial charge in [0.05, 0.1) is 17.1 Å². The average Bonchev–Trinajstić information content (AvgIpc) is 3.23. The molecule has 1 N–H and O–H groups in total. The number of nitrogens with zero attached hydrogens (tertiary/aromatic N) is 2. The predicted octanol–water partition coefficient (Wildman–Crippen LogP) is 6.50. The number of likely N-dealkylation sites (tertiary alicyclic amines) is 1. The monoisotopic (exact) mass is 543 g/mol. The van der Waals surface area contributed by atoms with E-state index in [1.54, 1.807) is 35.2 Å². The average molecular weight is 544 g/mol. The second kappa shape index (κ2) is 13.1. The lowest BCUT2D eigenvalue weighted by Crippen LogP contribution is -2.34. The lowest BCUT2D eigenvalue weighted by atomic mass is 10.1. The van der Waals surface area contributed by atoms with Crippen LogP contribution < -0.4 is 10.2 Å². The van der Waals surface area contributed by atoms with E-state index in [1.807, 2.05) is 42.5 Å². The summed E-state index contributed by atoms with van der Waals surface area (Å²) in [4.78, 5) is 31.8. The molecule has 0 unspecified atom stereocenters. The van der Waals surface area contributed by atoms with Crippen LogP contribution in [0.15, 0.2) is 82.6 Å². The Morgan fingerprint density at radius 1 is 0.923 bits per heavy atom. The van der Waals surface area contributed by atoms with Crippen LogP contribution >= 0.6 is 11.8 Å². The number of carbonyl (C=O) groups is 2. The van der Waals surface area contributed by atoms with Gasteiger partial charge >= 0.3 is 0 Å². The molecule has 7 heteroatoms. The minimum atomic E-state index is -0.331. The van der Waals surface area contributed by atoms with E-state index in [1.165, 1.54) is 43.5 Å². The Kier molecular flexibility index (Phi) is 9.12. The fourth-order valence-corrected chi connectivity index (χ4v) is 6.12. The van der Waals surface area contributed by atoms with E-state index >= 15 is 0 Å². The van der Waals surface area contributed by atoms with Crippen molar-refractivity contribution in [1.82, 2.24) is 10.2 Å². The molecule has 2 amide bonds. The largest absolute Gasteiger partial charge is 0.352 e. The topological polar surface area (TPSA) is 52.7 Å². The quantitative estimate of drug-likeness (QED) is 0.260. The van der Waals surface area contributed by atoms with Crippen molar-refractivity contribution in [1.29, 1.82) is 0 Å². The molecule has 0 aromatic heterocycles. The van der Waals surface area contributed by atoms with Crippen molar-refractivity contribution in [2.45, 2.75) is 43.5 Å². The van der Waals surface area contributed by atoms with Crippen molar-refractivity contribution >= 4 is 35.3 Å². The molecule has 0 radical (unpaired) electrons. The van der Waals surface area contributed by atoms with Crippen LogP contribution in [0.5, 0.6) is 0 Å². The van der Waals surface area contributed by atoms with Crippen molar-refractivity contribution in [2.24, 2.45) is 0 Å². The highest BCUT2D eigenvalue weighted by atomic mass is 32.2. The van der Waals surface area contributed by atoms with Gasteiger partial charge in [-0.2, -0.15) is 0 Å². The molecule has 0 spiro atoms. The number of amides is 2. The maximum absolute atomic E-state index is 14.4. The van der Waals surface area contributed by atoms with Gasteiger partial charge in [-0.25, -0.2) is 4.39 Å². The van der Waals surface area contributed by atoms with Gasteiger partial charge in [-0.05, 0) is 80.9 Å². The molecule has 3 aromatic rings. The molecule has 0 aliphatic carbocycles. The standard InChI is InChI=1S/C32H34FN3O2S/c33-27-11-4-3-10-26(27)23-36-28-12-5-6-13-29(28)39-30(32(36)38)22-24-14-16-25(17-15-24)31(37)34-18-9-21-35-19-7-1-2-8-20-35/h3-6,10-17,22H,1-2,7-9,18-21,23H2,(H,34,37)/b30-22-. The van der Waals surface area contributed by atoms with Crippen LogP contribution in [0.25, 0.3) is 6.08 Å². The van der Waals surface area contributed by atoms with Crippen LogP contribution in [-0.4, -0.2) is 42.9 Å². The maximum Gasteiger partial charge on any atom is 0.265 e.